The Labute approximate surface area is 149 Å². The van der Waals surface area contributed by atoms with Crippen LogP contribution >= 0.6 is 0 Å². The van der Waals surface area contributed by atoms with Gasteiger partial charge < -0.3 is 16.0 Å². The molecule has 8 nitrogen and oxygen atoms in total. The van der Waals surface area contributed by atoms with E-state index in [-0.39, 0.29) is 23.8 Å². The predicted octanol–water partition coefficient (Wildman–Crippen LogP) is 1.71. The van der Waals surface area contributed by atoms with Gasteiger partial charge in [-0.05, 0) is 30.9 Å². The summed E-state index contributed by atoms with van der Waals surface area (Å²) in [5.74, 6) is 1.23. The third-order valence-electron chi connectivity index (χ3n) is 5.01. The van der Waals surface area contributed by atoms with E-state index in [2.05, 4.69) is 31.5 Å². The van der Waals surface area contributed by atoms with E-state index in [1.807, 2.05) is 23.1 Å². The van der Waals surface area contributed by atoms with E-state index in [1.54, 1.807) is 6.20 Å². The number of nitrogens with zero attached hydrogens (tertiary/aromatic N) is 4. The molecule has 0 spiro atoms. The first-order chi connectivity index (χ1) is 12.7. The number of nitrogens with two attached hydrogens (primary N) is 1. The van der Waals surface area contributed by atoms with Crippen LogP contribution in [0.1, 0.15) is 18.4 Å². The van der Waals surface area contributed by atoms with Gasteiger partial charge in [-0.2, -0.15) is 15.1 Å². The molecule has 3 aromatic rings. The van der Waals surface area contributed by atoms with Crippen molar-refractivity contribution >= 4 is 34.4 Å². The molecule has 2 aliphatic rings. The Kier molecular flexibility index (Phi) is 3.31. The maximum Gasteiger partial charge on any atom is 0.230 e. The summed E-state index contributed by atoms with van der Waals surface area (Å²) in [6.07, 6.45) is 4.48. The number of nitrogens with one attached hydrogen (secondary N) is 2. The zero-order valence-corrected chi connectivity index (χ0v) is 14.1. The van der Waals surface area contributed by atoms with Crippen LogP contribution in [0.2, 0.25) is 0 Å². The van der Waals surface area contributed by atoms with Crippen molar-refractivity contribution in [3.8, 4) is 0 Å². The van der Waals surface area contributed by atoms with Gasteiger partial charge in [0.1, 0.15) is 5.82 Å². The topological polar surface area (TPSA) is 113 Å². The van der Waals surface area contributed by atoms with E-state index in [4.69, 9.17) is 5.73 Å². The molecular formula is C18H19N7O. The molecule has 26 heavy (non-hydrogen) atoms. The fourth-order valence-corrected chi connectivity index (χ4v) is 3.61. The third-order valence-corrected chi connectivity index (χ3v) is 5.01. The van der Waals surface area contributed by atoms with Crippen LogP contribution in [-0.2, 0) is 11.2 Å². The number of rotatable bonds is 3. The summed E-state index contributed by atoms with van der Waals surface area (Å²) in [4.78, 5) is 23.2. The molecule has 3 heterocycles. The first-order valence-electron chi connectivity index (χ1n) is 8.81. The number of anilines is 3. The molecule has 1 amide bonds. The zero-order chi connectivity index (χ0) is 17.7. The van der Waals surface area contributed by atoms with Crippen molar-refractivity contribution in [3.05, 3.63) is 36.0 Å². The highest BCUT2D eigenvalue weighted by molar-refractivity contribution is 5.98. The maximum absolute atomic E-state index is 12.8. The fraction of sp³-hybridized carbons (Fsp3) is 0.333. The molecule has 1 aromatic carbocycles. The van der Waals surface area contributed by atoms with Crippen molar-refractivity contribution in [2.75, 3.05) is 22.5 Å². The van der Waals surface area contributed by atoms with Gasteiger partial charge in [0.2, 0.25) is 11.9 Å². The van der Waals surface area contributed by atoms with Gasteiger partial charge in [-0.15, -0.1) is 0 Å². The monoisotopic (exact) mass is 349 g/mol. The molecule has 5 rings (SSSR count). The van der Waals surface area contributed by atoms with Gasteiger partial charge in [0, 0.05) is 24.2 Å². The number of hydrogen-bond donors (Lipinski definition) is 3. The number of aromatic nitrogens is 4. The first kappa shape index (κ1) is 15.1. The zero-order valence-electron chi connectivity index (χ0n) is 14.1. The largest absolute Gasteiger partial charge is 0.368 e. The van der Waals surface area contributed by atoms with Crippen molar-refractivity contribution in [1.82, 2.24) is 20.2 Å². The Bertz CT molecular complexity index is 994. The molecule has 1 atom stereocenters. The van der Waals surface area contributed by atoms with E-state index >= 15 is 0 Å². The van der Waals surface area contributed by atoms with E-state index in [9.17, 15) is 4.79 Å². The fourth-order valence-electron chi connectivity index (χ4n) is 3.61. The van der Waals surface area contributed by atoms with Crippen LogP contribution < -0.4 is 16.0 Å². The van der Waals surface area contributed by atoms with Crippen LogP contribution in [0, 0.1) is 5.92 Å². The standard InChI is InChI=1S/C18H19N7O/c19-18-22-15(13-8-20-24-16(13)23-18)21-12-7-11-3-1-2-4-14(11)25(9-12)17(26)10-5-6-10/h1-4,8,10,12H,5-7,9H2,(H4,19,20,21,22,23,24). The summed E-state index contributed by atoms with van der Waals surface area (Å²) in [7, 11) is 0. The Morgan fingerprint density at radius 3 is 2.96 bits per heavy atom. The van der Waals surface area contributed by atoms with Crippen molar-refractivity contribution < 1.29 is 4.79 Å². The molecular weight excluding hydrogens is 330 g/mol. The summed E-state index contributed by atoms with van der Waals surface area (Å²) >= 11 is 0. The van der Waals surface area contributed by atoms with Crippen LogP contribution in [0.25, 0.3) is 11.0 Å². The van der Waals surface area contributed by atoms with E-state index < -0.39 is 0 Å². The lowest BCUT2D eigenvalue weighted by Crippen LogP contribution is -2.46. The third kappa shape index (κ3) is 2.54. The van der Waals surface area contributed by atoms with E-state index in [0.717, 1.165) is 35.9 Å². The van der Waals surface area contributed by atoms with Crippen molar-refractivity contribution in [2.24, 2.45) is 5.92 Å². The second kappa shape index (κ2) is 5.69. The minimum atomic E-state index is 0.0417. The van der Waals surface area contributed by atoms with Crippen molar-refractivity contribution in [2.45, 2.75) is 25.3 Å². The van der Waals surface area contributed by atoms with Crippen LogP contribution in [0.5, 0.6) is 0 Å². The number of benzene rings is 1. The smallest absolute Gasteiger partial charge is 0.230 e. The number of carbonyl (C=O) groups excluding carboxylic acids is 1. The molecule has 1 aliphatic heterocycles. The van der Waals surface area contributed by atoms with E-state index in [1.165, 1.54) is 0 Å². The highest BCUT2D eigenvalue weighted by Crippen LogP contribution is 2.36. The molecule has 1 unspecified atom stereocenters. The number of nitrogen functional groups attached to an aromatic ring is 1. The quantitative estimate of drug-likeness (QED) is 0.663. The molecule has 0 saturated heterocycles. The summed E-state index contributed by atoms with van der Waals surface area (Å²) < 4.78 is 0. The number of para-hydroxylation sites is 1. The molecule has 132 valence electrons. The average Bonchev–Trinajstić information content (AvgIpc) is 3.38. The maximum atomic E-state index is 12.8. The SMILES string of the molecule is Nc1nc(NC2Cc3ccccc3N(C(=O)C3CC3)C2)c2cn[nH]c2n1. The average molecular weight is 349 g/mol. The number of hydrogen-bond acceptors (Lipinski definition) is 6. The second-order valence-electron chi connectivity index (χ2n) is 6.96. The van der Waals surface area contributed by atoms with Crippen LogP contribution in [-0.4, -0.2) is 38.7 Å². The minimum absolute atomic E-state index is 0.0417. The van der Waals surface area contributed by atoms with Crippen LogP contribution in [0.3, 0.4) is 0 Å². The molecule has 1 saturated carbocycles. The number of fused-ring (bicyclic) bond motifs is 2. The van der Waals surface area contributed by atoms with E-state index in [0.29, 0.717) is 18.0 Å². The van der Waals surface area contributed by atoms with Gasteiger partial charge in [0.05, 0.1) is 11.6 Å². The van der Waals surface area contributed by atoms with Gasteiger partial charge in [-0.1, -0.05) is 18.2 Å². The summed E-state index contributed by atoms with van der Waals surface area (Å²) in [6.45, 7) is 0.607. The second-order valence-corrected chi connectivity index (χ2v) is 6.96. The first-order valence-corrected chi connectivity index (χ1v) is 8.81. The molecule has 0 bridgehead atoms. The number of carbonyl (C=O) groups is 1. The Morgan fingerprint density at radius 1 is 1.27 bits per heavy atom. The highest BCUT2D eigenvalue weighted by atomic mass is 16.2. The van der Waals surface area contributed by atoms with Gasteiger partial charge in [0.25, 0.3) is 0 Å². The molecule has 1 fully saturated rings. The number of aromatic amines is 1. The summed E-state index contributed by atoms with van der Waals surface area (Å²) in [5.41, 5.74) is 8.60. The van der Waals surface area contributed by atoms with Crippen molar-refractivity contribution in [3.63, 3.8) is 0 Å². The van der Waals surface area contributed by atoms with Gasteiger partial charge in [-0.25, -0.2) is 0 Å². The molecule has 1 aliphatic carbocycles. The molecule has 4 N–H and O–H groups in total. The van der Waals surface area contributed by atoms with Crippen LogP contribution in [0.15, 0.2) is 30.5 Å². The molecule has 2 aromatic heterocycles. The van der Waals surface area contributed by atoms with Gasteiger partial charge >= 0.3 is 0 Å². The Hall–Kier alpha value is -3.16. The predicted molar refractivity (Wildman–Crippen MR) is 98.7 cm³/mol. The lowest BCUT2D eigenvalue weighted by atomic mass is 9.97. The van der Waals surface area contributed by atoms with Crippen molar-refractivity contribution in [1.29, 1.82) is 0 Å². The lowest BCUT2D eigenvalue weighted by Gasteiger charge is -2.35. The van der Waals surface area contributed by atoms with Gasteiger partial charge in [0.15, 0.2) is 5.65 Å². The van der Waals surface area contributed by atoms with Crippen LogP contribution in [0.4, 0.5) is 17.5 Å². The Morgan fingerprint density at radius 2 is 2.12 bits per heavy atom. The normalized spacial score (nSPS) is 19.4. The molecule has 0 radical (unpaired) electrons. The van der Waals surface area contributed by atoms with Gasteiger partial charge in [-0.3, -0.25) is 9.89 Å². The Balaban J connectivity index is 1.48. The highest BCUT2D eigenvalue weighted by Gasteiger charge is 2.37. The lowest BCUT2D eigenvalue weighted by molar-refractivity contribution is -0.119. The number of amides is 1. The number of H-pyrrole nitrogens is 1. The summed E-state index contributed by atoms with van der Waals surface area (Å²) in [5, 5.41) is 11.1. The summed E-state index contributed by atoms with van der Waals surface area (Å²) in [6, 6.07) is 8.15. The minimum Gasteiger partial charge on any atom is -0.368 e. The molecule has 8 heteroatoms.